The molecule has 5 heteroatoms. The monoisotopic (exact) mass is 358 g/mol. The summed E-state index contributed by atoms with van der Waals surface area (Å²) in [6.07, 6.45) is 0.996. The molecule has 1 aliphatic rings. The highest BCUT2D eigenvalue weighted by molar-refractivity contribution is 7.89. The summed E-state index contributed by atoms with van der Waals surface area (Å²) >= 11 is 0. The summed E-state index contributed by atoms with van der Waals surface area (Å²) in [6, 6.07) is 17.9. The van der Waals surface area contributed by atoms with Crippen LogP contribution in [0.3, 0.4) is 0 Å². The molecule has 1 heterocycles. The molecule has 134 valence electrons. The van der Waals surface area contributed by atoms with Crippen molar-refractivity contribution in [3.8, 4) is 0 Å². The maximum absolute atomic E-state index is 12.9. The molecule has 0 amide bonds. The van der Waals surface area contributed by atoms with Gasteiger partial charge in [0.15, 0.2) is 0 Å². The topological polar surface area (TPSA) is 40.6 Å². The Balaban J connectivity index is 1.64. The highest BCUT2D eigenvalue weighted by Gasteiger charge is 2.32. The lowest BCUT2D eigenvalue weighted by Gasteiger charge is -2.39. The molecule has 4 nitrogen and oxygen atoms in total. The first-order valence-corrected chi connectivity index (χ1v) is 10.3. The average Bonchev–Trinajstić information content (AvgIpc) is 2.61. The molecule has 0 radical (unpaired) electrons. The summed E-state index contributed by atoms with van der Waals surface area (Å²) in [6.45, 7) is 6.81. The van der Waals surface area contributed by atoms with Crippen LogP contribution in [0.1, 0.15) is 18.1 Å². The minimum Gasteiger partial charge on any atom is -0.298 e. The lowest BCUT2D eigenvalue weighted by molar-refractivity contribution is 0.130. The predicted octanol–water partition coefficient (Wildman–Crippen LogP) is 2.93. The van der Waals surface area contributed by atoms with E-state index in [4.69, 9.17) is 0 Å². The fourth-order valence-electron chi connectivity index (χ4n) is 3.41. The summed E-state index contributed by atoms with van der Waals surface area (Å²) in [4.78, 5) is 2.82. The van der Waals surface area contributed by atoms with E-state index in [0.29, 0.717) is 18.0 Å². The molecule has 3 rings (SSSR count). The van der Waals surface area contributed by atoms with E-state index in [1.165, 1.54) is 5.56 Å². The SMILES string of the molecule is Cc1ccccc1S(=O)(=O)N1CCN(CCc2ccccc2)C(C)C1. The van der Waals surface area contributed by atoms with Crippen molar-refractivity contribution in [1.29, 1.82) is 0 Å². The molecule has 0 saturated carbocycles. The molecule has 2 aromatic rings. The van der Waals surface area contributed by atoms with Crippen molar-refractivity contribution < 1.29 is 8.42 Å². The highest BCUT2D eigenvalue weighted by atomic mass is 32.2. The summed E-state index contributed by atoms with van der Waals surface area (Å²) in [7, 11) is -3.41. The van der Waals surface area contributed by atoms with Crippen LogP contribution in [0.5, 0.6) is 0 Å². The van der Waals surface area contributed by atoms with Gasteiger partial charge >= 0.3 is 0 Å². The van der Waals surface area contributed by atoms with Crippen LogP contribution in [0.25, 0.3) is 0 Å². The number of sulfonamides is 1. The molecule has 0 aliphatic carbocycles. The van der Waals surface area contributed by atoms with E-state index in [-0.39, 0.29) is 6.04 Å². The first-order chi connectivity index (χ1) is 12.0. The van der Waals surface area contributed by atoms with E-state index in [2.05, 4.69) is 36.1 Å². The standard InChI is InChI=1S/C20H26N2O2S/c1-17-8-6-7-11-20(17)25(23,24)22-15-14-21(18(2)16-22)13-12-19-9-4-3-5-10-19/h3-11,18H,12-16H2,1-2H3. The molecule has 1 atom stereocenters. The second kappa shape index (κ2) is 7.68. The van der Waals surface area contributed by atoms with Crippen LogP contribution < -0.4 is 0 Å². The van der Waals surface area contributed by atoms with Gasteiger partial charge in [0.2, 0.25) is 10.0 Å². The molecule has 0 aromatic heterocycles. The average molecular weight is 359 g/mol. The molecule has 1 fully saturated rings. The zero-order valence-electron chi connectivity index (χ0n) is 14.9. The third-order valence-electron chi connectivity index (χ3n) is 4.97. The number of rotatable bonds is 5. The van der Waals surface area contributed by atoms with Gasteiger partial charge in [0.1, 0.15) is 0 Å². The molecule has 0 N–H and O–H groups in total. The van der Waals surface area contributed by atoms with Gasteiger partial charge < -0.3 is 0 Å². The Morgan fingerprint density at radius 1 is 1.00 bits per heavy atom. The number of benzene rings is 2. The molecule has 1 saturated heterocycles. The van der Waals surface area contributed by atoms with Crippen LogP contribution in [0.15, 0.2) is 59.5 Å². The van der Waals surface area contributed by atoms with Crippen molar-refractivity contribution in [2.24, 2.45) is 0 Å². The lowest BCUT2D eigenvalue weighted by Crippen LogP contribution is -2.53. The molecule has 2 aromatic carbocycles. The van der Waals surface area contributed by atoms with Crippen LogP contribution in [0, 0.1) is 6.92 Å². The van der Waals surface area contributed by atoms with Crippen molar-refractivity contribution in [1.82, 2.24) is 9.21 Å². The second-order valence-corrected chi connectivity index (χ2v) is 8.66. The Morgan fingerprint density at radius 2 is 1.68 bits per heavy atom. The number of piperazine rings is 1. The van der Waals surface area contributed by atoms with E-state index in [9.17, 15) is 8.42 Å². The van der Waals surface area contributed by atoms with Gasteiger partial charge in [-0.15, -0.1) is 0 Å². The van der Waals surface area contributed by atoms with Crippen LogP contribution in [0.4, 0.5) is 0 Å². The van der Waals surface area contributed by atoms with E-state index in [1.54, 1.807) is 16.4 Å². The van der Waals surface area contributed by atoms with Gasteiger partial charge in [0.05, 0.1) is 4.90 Å². The molecule has 0 spiro atoms. The molecule has 0 bridgehead atoms. The Morgan fingerprint density at radius 3 is 2.36 bits per heavy atom. The Kier molecular flexibility index (Phi) is 5.57. The Labute approximate surface area is 151 Å². The van der Waals surface area contributed by atoms with Crippen molar-refractivity contribution in [2.45, 2.75) is 31.2 Å². The van der Waals surface area contributed by atoms with Gasteiger partial charge in [-0.1, -0.05) is 48.5 Å². The Hall–Kier alpha value is -1.69. The van der Waals surface area contributed by atoms with Gasteiger partial charge in [-0.05, 0) is 37.5 Å². The first-order valence-electron chi connectivity index (χ1n) is 8.82. The lowest BCUT2D eigenvalue weighted by atomic mass is 10.1. The van der Waals surface area contributed by atoms with E-state index < -0.39 is 10.0 Å². The minimum atomic E-state index is -3.41. The normalized spacial score (nSPS) is 19.8. The fraction of sp³-hybridized carbons (Fsp3) is 0.400. The first kappa shape index (κ1) is 18.1. The summed E-state index contributed by atoms with van der Waals surface area (Å²) in [5, 5.41) is 0. The summed E-state index contributed by atoms with van der Waals surface area (Å²) in [5.41, 5.74) is 2.13. The van der Waals surface area contributed by atoms with Crippen molar-refractivity contribution in [3.05, 3.63) is 65.7 Å². The zero-order chi connectivity index (χ0) is 17.9. The maximum atomic E-state index is 12.9. The van der Waals surface area contributed by atoms with Crippen LogP contribution >= 0.6 is 0 Å². The predicted molar refractivity (Wildman–Crippen MR) is 101 cm³/mol. The zero-order valence-corrected chi connectivity index (χ0v) is 15.7. The number of aryl methyl sites for hydroxylation is 1. The van der Waals surface area contributed by atoms with Gasteiger partial charge in [0.25, 0.3) is 0 Å². The molecule has 1 aliphatic heterocycles. The summed E-state index contributed by atoms with van der Waals surface area (Å²) in [5.74, 6) is 0. The largest absolute Gasteiger partial charge is 0.298 e. The molecule has 1 unspecified atom stereocenters. The fourth-order valence-corrected chi connectivity index (χ4v) is 5.15. The number of hydrogen-bond acceptors (Lipinski definition) is 3. The molecular weight excluding hydrogens is 332 g/mol. The number of hydrogen-bond donors (Lipinski definition) is 0. The van der Waals surface area contributed by atoms with Gasteiger partial charge in [-0.25, -0.2) is 8.42 Å². The van der Waals surface area contributed by atoms with E-state index >= 15 is 0 Å². The highest BCUT2D eigenvalue weighted by Crippen LogP contribution is 2.22. The minimum absolute atomic E-state index is 0.219. The van der Waals surface area contributed by atoms with Crippen molar-refractivity contribution >= 4 is 10.0 Å². The second-order valence-electron chi connectivity index (χ2n) is 6.75. The van der Waals surface area contributed by atoms with Crippen molar-refractivity contribution in [2.75, 3.05) is 26.2 Å². The van der Waals surface area contributed by atoms with Crippen LogP contribution in [-0.2, 0) is 16.4 Å². The van der Waals surface area contributed by atoms with Gasteiger partial charge in [-0.3, -0.25) is 4.90 Å². The van der Waals surface area contributed by atoms with E-state index in [0.717, 1.165) is 25.1 Å². The third kappa shape index (κ3) is 4.11. The Bertz CT molecular complexity index is 805. The smallest absolute Gasteiger partial charge is 0.243 e. The van der Waals surface area contributed by atoms with Gasteiger partial charge in [-0.2, -0.15) is 4.31 Å². The third-order valence-corrected chi connectivity index (χ3v) is 7.00. The molecule has 25 heavy (non-hydrogen) atoms. The quantitative estimate of drug-likeness (QED) is 0.825. The van der Waals surface area contributed by atoms with Crippen LogP contribution in [0.2, 0.25) is 0 Å². The number of nitrogens with zero attached hydrogens (tertiary/aromatic N) is 2. The van der Waals surface area contributed by atoms with E-state index in [1.807, 2.05) is 25.1 Å². The molecular formula is C20H26N2O2S. The van der Waals surface area contributed by atoms with Gasteiger partial charge in [0, 0.05) is 32.2 Å². The summed E-state index contributed by atoms with van der Waals surface area (Å²) < 4.78 is 27.5. The van der Waals surface area contributed by atoms with Crippen molar-refractivity contribution in [3.63, 3.8) is 0 Å². The maximum Gasteiger partial charge on any atom is 0.243 e. The van der Waals surface area contributed by atoms with Crippen LogP contribution in [-0.4, -0.2) is 49.8 Å².